The van der Waals surface area contributed by atoms with Crippen LogP contribution in [0.2, 0.25) is 0 Å². The number of nitrogens with zero attached hydrogens (tertiary/aromatic N) is 4. The number of rotatable bonds is 2. The Hall–Kier alpha value is -1.75. The number of aromatic nitrogens is 4. The van der Waals surface area contributed by atoms with Crippen LogP contribution in [0.5, 0.6) is 0 Å². The Morgan fingerprint density at radius 3 is 2.74 bits per heavy atom. The Balaban J connectivity index is 2.11. The fourth-order valence-electron chi connectivity index (χ4n) is 3.30. The lowest BCUT2D eigenvalue weighted by molar-refractivity contribution is 0.141. The number of likely N-dealkylation sites (tertiary alicyclic amines) is 1. The number of hydrogen-bond donors (Lipinski definition) is 1. The van der Waals surface area contributed by atoms with E-state index in [0.717, 1.165) is 25.3 Å². The lowest BCUT2D eigenvalue weighted by Crippen LogP contribution is -2.48. The van der Waals surface area contributed by atoms with Crippen molar-refractivity contribution in [3.05, 3.63) is 41.7 Å². The average Bonchev–Trinajstić information content (AvgIpc) is 2.95. The summed E-state index contributed by atoms with van der Waals surface area (Å²) in [5.41, 5.74) is 1.16. The van der Waals surface area contributed by atoms with E-state index in [2.05, 4.69) is 63.8 Å². The molecule has 1 aliphatic rings. The van der Waals surface area contributed by atoms with E-state index in [0.29, 0.717) is 5.92 Å². The van der Waals surface area contributed by atoms with Gasteiger partial charge in [-0.05, 0) is 31.5 Å². The smallest absolute Gasteiger partial charge is 0.185 e. The third-order valence-electron chi connectivity index (χ3n) is 4.35. The van der Waals surface area contributed by atoms with Gasteiger partial charge in [0.1, 0.15) is 0 Å². The first kappa shape index (κ1) is 12.3. The summed E-state index contributed by atoms with van der Waals surface area (Å²) in [4.78, 5) is 2.37. The first-order valence-electron chi connectivity index (χ1n) is 6.71. The molecule has 5 heteroatoms. The normalized spacial score (nSPS) is 28.4. The van der Waals surface area contributed by atoms with Crippen molar-refractivity contribution in [3.8, 4) is 0 Å². The molecule has 1 saturated heterocycles. The number of H-pyrrole nitrogens is 1. The molecular weight excluding hydrogens is 238 g/mol. The van der Waals surface area contributed by atoms with Crippen LogP contribution in [-0.4, -0.2) is 45.7 Å². The molecule has 0 amide bonds. The topological polar surface area (TPSA) is 57.7 Å². The van der Waals surface area contributed by atoms with Gasteiger partial charge in [-0.3, -0.25) is 0 Å². The fourth-order valence-corrected chi connectivity index (χ4v) is 3.30. The summed E-state index contributed by atoms with van der Waals surface area (Å²) in [6.07, 6.45) is 1.02. The molecule has 1 N–H and O–H groups in total. The standard InChI is InChI=1S/C14H19N5/c1-11-10-19(2)9-8-14(11,13-15-17-18-16-13)12-6-4-3-5-7-12/h3-7,11H,8-10H2,1-2H3,(H,15,16,17,18). The number of aromatic amines is 1. The lowest BCUT2D eigenvalue weighted by atomic mass is 9.66. The molecule has 0 saturated carbocycles. The predicted octanol–water partition coefficient (Wildman–Crippen LogP) is 1.46. The summed E-state index contributed by atoms with van der Waals surface area (Å²) in [7, 11) is 2.17. The number of tetrazole rings is 1. The van der Waals surface area contributed by atoms with Crippen LogP contribution >= 0.6 is 0 Å². The molecule has 1 aromatic heterocycles. The van der Waals surface area contributed by atoms with Crippen LogP contribution in [0.15, 0.2) is 30.3 Å². The summed E-state index contributed by atoms with van der Waals surface area (Å²) in [6, 6.07) is 10.6. The van der Waals surface area contributed by atoms with Crippen LogP contribution in [0.25, 0.3) is 0 Å². The van der Waals surface area contributed by atoms with E-state index in [-0.39, 0.29) is 5.41 Å². The van der Waals surface area contributed by atoms with Gasteiger partial charge in [-0.25, -0.2) is 0 Å². The molecule has 0 radical (unpaired) electrons. The first-order valence-corrected chi connectivity index (χ1v) is 6.71. The second kappa shape index (κ2) is 4.74. The zero-order valence-corrected chi connectivity index (χ0v) is 11.4. The molecule has 19 heavy (non-hydrogen) atoms. The highest BCUT2D eigenvalue weighted by Crippen LogP contribution is 2.43. The van der Waals surface area contributed by atoms with Crippen LogP contribution in [0.4, 0.5) is 0 Å². The zero-order chi connectivity index (χ0) is 13.3. The van der Waals surface area contributed by atoms with Gasteiger partial charge in [-0.15, -0.1) is 10.2 Å². The van der Waals surface area contributed by atoms with Gasteiger partial charge in [-0.2, -0.15) is 5.21 Å². The molecule has 5 nitrogen and oxygen atoms in total. The van der Waals surface area contributed by atoms with E-state index >= 15 is 0 Å². The van der Waals surface area contributed by atoms with Gasteiger partial charge in [0.05, 0.1) is 5.41 Å². The number of nitrogens with one attached hydrogen (secondary N) is 1. The van der Waals surface area contributed by atoms with Gasteiger partial charge in [0.15, 0.2) is 5.82 Å². The van der Waals surface area contributed by atoms with Crippen LogP contribution in [0.3, 0.4) is 0 Å². The monoisotopic (exact) mass is 257 g/mol. The van der Waals surface area contributed by atoms with Crippen LogP contribution in [-0.2, 0) is 5.41 Å². The van der Waals surface area contributed by atoms with E-state index < -0.39 is 0 Å². The fraction of sp³-hybridized carbons (Fsp3) is 0.500. The molecule has 1 aliphatic heterocycles. The van der Waals surface area contributed by atoms with Gasteiger partial charge in [0.25, 0.3) is 0 Å². The van der Waals surface area contributed by atoms with Crippen molar-refractivity contribution in [3.63, 3.8) is 0 Å². The maximum atomic E-state index is 4.30. The summed E-state index contributed by atoms with van der Waals surface area (Å²) in [5.74, 6) is 1.27. The number of hydrogen-bond acceptors (Lipinski definition) is 4. The molecular formula is C14H19N5. The van der Waals surface area contributed by atoms with Crippen molar-refractivity contribution in [2.24, 2.45) is 5.92 Å². The molecule has 0 spiro atoms. The average molecular weight is 257 g/mol. The molecule has 100 valence electrons. The molecule has 2 unspecified atom stereocenters. The zero-order valence-electron chi connectivity index (χ0n) is 11.4. The van der Waals surface area contributed by atoms with Crippen molar-refractivity contribution in [1.82, 2.24) is 25.5 Å². The Morgan fingerprint density at radius 1 is 1.32 bits per heavy atom. The molecule has 2 aromatic rings. The third-order valence-corrected chi connectivity index (χ3v) is 4.35. The summed E-state index contributed by atoms with van der Waals surface area (Å²) in [6.45, 7) is 4.37. The van der Waals surface area contributed by atoms with Crippen LogP contribution in [0, 0.1) is 5.92 Å². The van der Waals surface area contributed by atoms with Crippen LogP contribution < -0.4 is 0 Å². The number of benzene rings is 1. The Labute approximate surface area is 113 Å². The minimum absolute atomic E-state index is 0.124. The second-order valence-electron chi connectivity index (χ2n) is 5.49. The largest absolute Gasteiger partial charge is 0.306 e. The SMILES string of the molecule is CC1CN(C)CCC1(c1ccccc1)c1nn[nH]n1. The molecule has 3 rings (SSSR count). The molecule has 0 bridgehead atoms. The van der Waals surface area contributed by atoms with E-state index in [1.807, 2.05) is 6.07 Å². The molecule has 0 aliphatic carbocycles. The third kappa shape index (κ3) is 1.94. The van der Waals surface area contributed by atoms with Gasteiger partial charge < -0.3 is 4.90 Å². The summed E-state index contributed by atoms with van der Waals surface area (Å²) < 4.78 is 0. The molecule has 1 fully saturated rings. The maximum absolute atomic E-state index is 4.30. The van der Waals surface area contributed by atoms with Gasteiger partial charge in [0.2, 0.25) is 0 Å². The molecule has 1 aromatic carbocycles. The highest BCUT2D eigenvalue weighted by Gasteiger charge is 2.45. The lowest BCUT2D eigenvalue weighted by Gasteiger charge is -2.44. The van der Waals surface area contributed by atoms with Gasteiger partial charge in [-0.1, -0.05) is 42.5 Å². The van der Waals surface area contributed by atoms with Crippen molar-refractivity contribution in [1.29, 1.82) is 0 Å². The summed E-state index contributed by atoms with van der Waals surface area (Å²) >= 11 is 0. The first-order chi connectivity index (χ1) is 9.23. The van der Waals surface area contributed by atoms with E-state index in [1.54, 1.807) is 0 Å². The minimum atomic E-state index is -0.124. The Bertz CT molecular complexity index is 524. The van der Waals surface area contributed by atoms with Crippen molar-refractivity contribution in [2.75, 3.05) is 20.1 Å². The van der Waals surface area contributed by atoms with Gasteiger partial charge in [0, 0.05) is 6.54 Å². The summed E-state index contributed by atoms with van der Waals surface area (Å²) in [5, 5.41) is 15.0. The van der Waals surface area contributed by atoms with Gasteiger partial charge >= 0.3 is 0 Å². The predicted molar refractivity (Wildman–Crippen MR) is 72.7 cm³/mol. The van der Waals surface area contributed by atoms with E-state index in [4.69, 9.17) is 0 Å². The van der Waals surface area contributed by atoms with E-state index in [1.165, 1.54) is 5.56 Å². The number of piperidine rings is 1. The molecule has 2 atom stereocenters. The highest BCUT2D eigenvalue weighted by atomic mass is 15.5. The van der Waals surface area contributed by atoms with E-state index in [9.17, 15) is 0 Å². The van der Waals surface area contributed by atoms with Crippen LogP contribution in [0.1, 0.15) is 24.7 Å². The van der Waals surface area contributed by atoms with Crippen molar-refractivity contribution in [2.45, 2.75) is 18.8 Å². The second-order valence-corrected chi connectivity index (χ2v) is 5.49. The maximum Gasteiger partial charge on any atom is 0.185 e. The highest BCUT2D eigenvalue weighted by molar-refractivity contribution is 5.34. The minimum Gasteiger partial charge on any atom is -0.306 e. The Kier molecular flexibility index (Phi) is 3.06. The Morgan fingerprint density at radius 2 is 2.11 bits per heavy atom. The van der Waals surface area contributed by atoms with Crippen molar-refractivity contribution < 1.29 is 0 Å². The molecule has 2 heterocycles. The quantitative estimate of drug-likeness (QED) is 0.885. The van der Waals surface area contributed by atoms with Crippen molar-refractivity contribution >= 4 is 0 Å².